The van der Waals surface area contributed by atoms with Gasteiger partial charge >= 0.3 is 0 Å². The Bertz CT molecular complexity index is 709. The molecule has 0 radical (unpaired) electrons. The molecule has 0 spiro atoms. The molecule has 0 aliphatic carbocycles. The van der Waals surface area contributed by atoms with Crippen LogP contribution in [0, 0.1) is 5.92 Å². The van der Waals surface area contributed by atoms with E-state index in [9.17, 15) is 4.79 Å². The molecule has 2 aromatic rings. The predicted molar refractivity (Wildman–Crippen MR) is 87.7 cm³/mol. The van der Waals surface area contributed by atoms with Crippen molar-refractivity contribution in [1.29, 1.82) is 0 Å². The van der Waals surface area contributed by atoms with E-state index in [1.54, 1.807) is 11.8 Å². The van der Waals surface area contributed by atoms with E-state index in [0.29, 0.717) is 31.3 Å². The number of carbonyl (C=O) groups excluding carboxylic acids is 1. The van der Waals surface area contributed by atoms with Crippen LogP contribution >= 0.6 is 0 Å². The molecule has 3 rings (SSSR count). The molecule has 1 N–H and O–H groups in total. The minimum absolute atomic E-state index is 0.114. The summed E-state index contributed by atoms with van der Waals surface area (Å²) in [6.07, 6.45) is -0.114. The van der Waals surface area contributed by atoms with Crippen LogP contribution in [-0.2, 0) is 17.9 Å². The molecule has 1 aliphatic rings. The van der Waals surface area contributed by atoms with Crippen LogP contribution in [0.2, 0.25) is 0 Å². The molecule has 7 nitrogen and oxygen atoms in total. The molecular formula is C17H22N4O3. The maximum atomic E-state index is 12.2. The molecule has 1 aromatic heterocycles. The first-order valence-corrected chi connectivity index (χ1v) is 8.04. The van der Waals surface area contributed by atoms with E-state index in [2.05, 4.69) is 15.6 Å². The zero-order chi connectivity index (χ0) is 17.1. The molecule has 1 aliphatic heterocycles. The maximum Gasteiger partial charge on any atom is 0.273 e. The molecule has 1 atom stereocenters. The van der Waals surface area contributed by atoms with Gasteiger partial charge in [-0.2, -0.15) is 0 Å². The quantitative estimate of drug-likeness (QED) is 0.906. The highest BCUT2D eigenvalue weighted by Gasteiger charge is 2.27. The van der Waals surface area contributed by atoms with Gasteiger partial charge in [0.1, 0.15) is 11.9 Å². The van der Waals surface area contributed by atoms with Crippen LogP contribution in [0.3, 0.4) is 0 Å². The third kappa shape index (κ3) is 3.41. The normalized spacial score (nSPS) is 16.8. The summed E-state index contributed by atoms with van der Waals surface area (Å²) in [7, 11) is 1.64. The van der Waals surface area contributed by atoms with Gasteiger partial charge in [-0.15, -0.1) is 5.10 Å². The van der Waals surface area contributed by atoms with Gasteiger partial charge in [0, 0.05) is 6.54 Å². The Morgan fingerprint density at radius 3 is 2.83 bits per heavy atom. The van der Waals surface area contributed by atoms with Crippen LogP contribution in [0.15, 0.2) is 24.3 Å². The molecule has 1 amide bonds. The Morgan fingerprint density at radius 2 is 2.17 bits per heavy atom. The first-order valence-electron chi connectivity index (χ1n) is 8.04. The Morgan fingerprint density at radius 1 is 1.42 bits per heavy atom. The predicted octanol–water partition coefficient (Wildman–Crippen LogP) is 1.94. The van der Waals surface area contributed by atoms with Crippen LogP contribution in [-0.4, -0.2) is 34.6 Å². The monoisotopic (exact) mass is 330 g/mol. The molecule has 0 bridgehead atoms. The molecule has 128 valence electrons. The van der Waals surface area contributed by atoms with Gasteiger partial charge in [0.05, 0.1) is 26.0 Å². The van der Waals surface area contributed by atoms with E-state index in [1.165, 1.54) is 0 Å². The third-order valence-corrected chi connectivity index (χ3v) is 3.97. The highest BCUT2D eigenvalue weighted by atomic mass is 16.5. The Kier molecular flexibility index (Phi) is 4.80. The number of ether oxygens (including phenoxy) is 2. The molecule has 7 heteroatoms. The number of methoxy groups -OCH3 is 1. The second-order valence-electron chi connectivity index (χ2n) is 6.24. The summed E-state index contributed by atoms with van der Waals surface area (Å²) < 4.78 is 12.8. The lowest BCUT2D eigenvalue weighted by Gasteiger charge is -2.24. The van der Waals surface area contributed by atoms with E-state index in [4.69, 9.17) is 9.47 Å². The van der Waals surface area contributed by atoms with Crippen molar-refractivity contribution in [2.75, 3.05) is 13.7 Å². The molecule has 0 saturated heterocycles. The first kappa shape index (κ1) is 16.4. The highest BCUT2D eigenvalue weighted by Crippen LogP contribution is 2.28. The van der Waals surface area contributed by atoms with Crippen molar-refractivity contribution in [3.8, 4) is 5.75 Å². The van der Waals surface area contributed by atoms with Crippen LogP contribution in [0.5, 0.6) is 5.75 Å². The summed E-state index contributed by atoms with van der Waals surface area (Å²) in [5.41, 5.74) is 2.12. The fourth-order valence-corrected chi connectivity index (χ4v) is 2.59. The SMILES string of the molecule is COc1ccc(C2Cn3nnc(C(=O)NCC(C)C)c3CO2)cc1. The van der Waals surface area contributed by atoms with Crippen LogP contribution < -0.4 is 10.1 Å². The van der Waals surface area contributed by atoms with Crippen molar-refractivity contribution >= 4 is 5.91 Å². The van der Waals surface area contributed by atoms with Crippen LogP contribution in [0.25, 0.3) is 0 Å². The van der Waals surface area contributed by atoms with Gasteiger partial charge in [-0.3, -0.25) is 4.79 Å². The number of carbonyl (C=O) groups is 1. The minimum atomic E-state index is -0.198. The summed E-state index contributed by atoms with van der Waals surface area (Å²) >= 11 is 0. The first-order chi connectivity index (χ1) is 11.6. The highest BCUT2D eigenvalue weighted by molar-refractivity contribution is 5.93. The average Bonchev–Trinajstić information content (AvgIpc) is 3.03. The van der Waals surface area contributed by atoms with Gasteiger partial charge in [-0.05, 0) is 23.6 Å². The molecular weight excluding hydrogens is 308 g/mol. The number of hydrogen-bond donors (Lipinski definition) is 1. The third-order valence-electron chi connectivity index (χ3n) is 3.97. The topological polar surface area (TPSA) is 78.3 Å². The van der Waals surface area contributed by atoms with Crippen molar-refractivity contribution < 1.29 is 14.3 Å². The lowest BCUT2D eigenvalue weighted by atomic mass is 10.1. The Balaban J connectivity index is 1.71. The van der Waals surface area contributed by atoms with E-state index >= 15 is 0 Å². The number of benzene rings is 1. The molecule has 1 aromatic carbocycles. The Hall–Kier alpha value is -2.41. The van der Waals surface area contributed by atoms with Crippen LogP contribution in [0.4, 0.5) is 0 Å². The summed E-state index contributed by atoms with van der Waals surface area (Å²) in [4.78, 5) is 12.2. The summed E-state index contributed by atoms with van der Waals surface area (Å²) in [5.74, 6) is 0.993. The van der Waals surface area contributed by atoms with Crippen molar-refractivity contribution in [3.63, 3.8) is 0 Å². The number of aromatic nitrogens is 3. The van der Waals surface area contributed by atoms with Gasteiger partial charge in [-0.25, -0.2) is 4.68 Å². The molecule has 2 heterocycles. The van der Waals surface area contributed by atoms with Gasteiger partial charge in [0.2, 0.25) is 0 Å². The van der Waals surface area contributed by atoms with Gasteiger partial charge in [-0.1, -0.05) is 31.2 Å². The number of hydrogen-bond acceptors (Lipinski definition) is 5. The van der Waals surface area contributed by atoms with Crippen LogP contribution in [0.1, 0.15) is 41.7 Å². The molecule has 24 heavy (non-hydrogen) atoms. The number of rotatable bonds is 5. The number of nitrogens with zero attached hydrogens (tertiary/aromatic N) is 3. The number of amides is 1. The summed E-state index contributed by atoms with van der Waals surface area (Å²) in [6, 6.07) is 7.75. The van der Waals surface area contributed by atoms with Gasteiger partial charge in [0.15, 0.2) is 5.69 Å². The molecule has 1 unspecified atom stereocenters. The van der Waals surface area contributed by atoms with E-state index in [0.717, 1.165) is 17.0 Å². The van der Waals surface area contributed by atoms with Crippen molar-refractivity contribution in [2.45, 2.75) is 33.1 Å². The van der Waals surface area contributed by atoms with Gasteiger partial charge < -0.3 is 14.8 Å². The molecule has 0 fully saturated rings. The zero-order valence-corrected chi connectivity index (χ0v) is 14.2. The minimum Gasteiger partial charge on any atom is -0.497 e. The van der Waals surface area contributed by atoms with E-state index in [1.807, 2.05) is 38.1 Å². The number of nitrogens with one attached hydrogen (secondary N) is 1. The van der Waals surface area contributed by atoms with Crippen molar-refractivity contribution in [1.82, 2.24) is 20.3 Å². The van der Waals surface area contributed by atoms with Crippen molar-refractivity contribution in [2.24, 2.45) is 5.92 Å². The average molecular weight is 330 g/mol. The second kappa shape index (κ2) is 7.00. The van der Waals surface area contributed by atoms with E-state index in [-0.39, 0.29) is 12.0 Å². The maximum absolute atomic E-state index is 12.2. The molecule has 0 saturated carbocycles. The smallest absolute Gasteiger partial charge is 0.273 e. The fraction of sp³-hybridized carbons (Fsp3) is 0.471. The lowest BCUT2D eigenvalue weighted by Crippen LogP contribution is -2.30. The lowest BCUT2D eigenvalue weighted by molar-refractivity contribution is -0.00179. The second-order valence-corrected chi connectivity index (χ2v) is 6.24. The van der Waals surface area contributed by atoms with Gasteiger partial charge in [0.25, 0.3) is 5.91 Å². The Labute approximate surface area is 141 Å². The van der Waals surface area contributed by atoms with Crippen molar-refractivity contribution in [3.05, 3.63) is 41.2 Å². The zero-order valence-electron chi connectivity index (χ0n) is 14.2. The number of fused-ring (bicyclic) bond motifs is 1. The summed E-state index contributed by atoms with van der Waals surface area (Å²) in [5, 5.41) is 11.0. The largest absolute Gasteiger partial charge is 0.497 e. The van der Waals surface area contributed by atoms with E-state index < -0.39 is 0 Å². The standard InChI is InChI=1S/C17H22N4O3/c1-11(2)8-18-17(22)16-14-10-24-15(9-21(14)20-19-16)12-4-6-13(23-3)7-5-12/h4-7,11,15H,8-10H2,1-3H3,(H,18,22). The fourth-order valence-electron chi connectivity index (χ4n) is 2.59. The summed E-state index contributed by atoms with van der Waals surface area (Å²) in [6.45, 7) is 5.55.